The fourth-order valence-electron chi connectivity index (χ4n) is 3.64. The minimum atomic E-state index is -4.12. The number of aromatic nitrogens is 4. The number of hydrogen-bond acceptors (Lipinski definition) is 12. The minimum Gasteiger partial charge on any atom is -0.462 e. The predicted octanol–water partition coefficient (Wildman–Crippen LogP) is 1.43. The van der Waals surface area contributed by atoms with Crippen LogP contribution in [0.4, 0.5) is 5.82 Å². The van der Waals surface area contributed by atoms with Crippen LogP contribution in [-0.4, -0.2) is 75.8 Å². The molecule has 2 aromatic heterocycles. The van der Waals surface area contributed by atoms with Gasteiger partial charge in [0.15, 0.2) is 11.5 Å². The van der Waals surface area contributed by atoms with Crippen LogP contribution < -0.4 is 15.3 Å². The molecular formula is C22H29N6O8P. The van der Waals surface area contributed by atoms with Crippen LogP contribution in [0.2, 0.25) is 0 Å². The molecule has 0 radical (unpaired) electrons. The molecule has 1 fully saturated rings. The summed E-state index contributed by atoms with van der Waals surface area (Å²) in [7, 11) is -2.64. The van der Waals surface area contributed by atoms with E-state index in [1.54, 1.807) is 34.9 Å². The van der Waals surface area contributed by atoms with Gasteiger partial charge in [0.1, 0.15) is 42.6 Å². The maximum atomic E-state index is 13.6. The average Bonchev–Trinajstić information content (AvgIpc) is 3.47. The second-order valence-electron chi connectivity index (χ2n) is 8.22. The summed E-state index contributed by atoms with van der Waals surface area (Å²) in [6.45, 7) is 1.42. The molecule has 4 N–H and O–H groups in total. The fraction of sp³-hybridized carbons (Fsp3) is 0.455. The van der Waals surface area contributed by atoms with Crippen molar-refractivity contribution in [3.05, 3.63) is 43.0 Å². The molecule has 1 saturated heterocycles. The number of nitrogens with one attached hydrogen (secondary N) is 1. The summed E-state index contributed by atoms with van der Waals surface area (Å²) >= 11 is 0. The molecule has 0 amide bonds. The van der Waals surface area contributed by atoms with E-state index in [1.165, 1.54) is 26.7 Å². The molecule has 5 atom stereocenters. The zero-order chi connectivity index (χ0) is 26.4. The normalized spacial score (nSPS) is 22.0. The van der Waals surface area contributed by atoms with Crippen LogP contribution in [0.25, 0.3) is 11.2 Å². The molecule has 0 bridgehead atoms. The van der Waals surface area contributed by atoms with Gasteiger partial charge < -0.3 is 29.6 Å². The third kappa shape index (κ3) is 6.60. The number of benzene rings is 1. The van der Waals surface area contributed by atoms with E-state index in [0.29, 0.717) is 11.2 Å². The van der Waals surface area contributed by atoms with Crippen LogP contribution in [0.1, 0.15) is 19.6 Å². The molecule has 4 rings (SSSR count). The standard InChI is InChI=1S/C22H29N6O8P/c1-14(22(30)33-9-8-32-2)27-37(31,36-15-6-4-3-5-7-15)34-11-17-16(29)10-18(35-17)28-13-26-19-20(23)24-12-25-21(19)28/h3-7,12-14,16-18,29H,8-11H2,1-2H3,(H,27,31)(H2,23,24,25)/t14-,16+,17-,18-,37-/m0/s1. The highest BCUT2D eigenvalue weighted by molar-refractivity contribution is 7.52. The molecule has 0 unspecified atom stereocenters. The van der Waals surface area contributed by atoms with Crippen molar-refractivity contribution in [2.24, 2.45) is 0 Å². The van der Waals surface area contributed by atoms with E-state index < -0.39 is 38.2 Å². The first-order chi connectivity index (χ1) is 17.8. The van der Waals surface area contributed by atoms with Gasteiger partial charge in [0.25, 0.3) is 0 Å². The lowest BCUT2D eigenvalue weighted by Crippen LogP contribution is -2.36. The second kappa shape index (κ2) is 11.9. The largest absolute Gasteiger partial charge is 0.462 e. The van der Waals surface area contributed by atoms with Gasteiger partial charge in [-0.15, -0.1) is 0 Å². The second-order valence-corrected chi connectivity index (χ2v) is 9.92. The molecule has 3 aromatic rings. The maximum absolute atomic E-state index is 13.6. The number of ether oxygens (including phenoxy) is 3. The number of nitrogens with two attached hydrogens (primary N) is 1. The zero-order valence-electron chi connectivity index (χ0n) is 20.3. The van der Waals surface area contributed by atoms with Crippen LogP contribution >= 0.6 is 7.75 Å². The van der Waals surface area contributed by atoms with Crippen LogP contribution in [0.5, 0.6) is 5.75 Å². The monoisotopic (exact) mass is 536 g/mol. The Kier molecular flexibility index (Phi) is 8.69. The van der Waals surface area contributed by atoms with Crippen molar-refractivity contribution in [2.45, 2.75) is 37.8 Å². The molecule has 1 aliphatic heterocycles. The molecule has 0 aliphatic carbocycles. The van der Waals surface area contributed by atoms with Gasteiger partial charge in [-0.1, -0.05) is 18.2 Å². The quantitative estimate of drug-likeness (QED) is 0.172. The smallest absolute Gasteiger partial charge is 0.459 e. The number of hydrogen-bond donors (Lipinski definition) is 3. The lowest BCUT2D eigenvalue weighted by molar-refractivity contribution is -0.146. The van der Waals surface area contributed by atoms with Crippen molar-refractivity contribution in [3.63, 3.8) is 0 Å². The maximum Gasteiger partial charge on any atom is 0.459 e. The number of rotatable bonds is 12. The molecule has 0 saturated carbocycles. The summed E-state index contributed by atoms with van der Waals surface area (Å²) in [5.74, 6) is -0.184. The summed E-state index contributed by atoms with van der Waals surface area (Å²) in [6, 6.07) is 7.31. The molecule has 3 heterocycles. The van der Waals surface area contributed by atoms with Gasteiger partial charge in [-0.3, -0.25) is 13.9 Å². The van der Waals surface area contributed by atoms with E-state index in [0.717, 1.165) is 0 Å². The van der Waals surface area contributed by atoms with E-state index in [9.17, 15) is 14.5 Å². The van der Waals surface area contributed by atoms with Crippen molar-refractivity contribution in [2.75, 3.05) is 32.7 Å². The lowest BCUT2D eigenvalue weighted by Gasteiger charge is -2.24. The van der Waals surface area contributed by atoms with Gasteiger partial charge >= 0.3 is 13.7 Å². The first-order valence-electron chi connectivity index (χ1n) is 11.5. The summed E-state index contributed by atoms with van der Waals surface area (Å²) in [5, 5.41) is 13.2. The van der Waals surface area contributed by atoms with E-state index >= 15 is 0 Å². The van der Waals surface area contributed by atoms with E-state index in [2.05, 4.69) is 20.0 Å². The Morgan fingerprint density at radius 1 is 1.30 bits per heavy atom. The molecule has 1 aromatic carbocycles. The Morgan fingerprint density at radius 3 is 2.84 bits per heavy atom. The number of carbonyl (C=O) groups excluding carboxylic acids is 1. The number of methoxy groups -OCH3 is 1. The van der Waals surface area contributed by atoms with Crippen molar-refractivity contribution in [1.82, 2.24) is 24.6 Å². The first kappa shape index (κ1) is 26.9. The number of anilines is 1. The molecule has 14 nitrogen and oxygen atoms in total. The van der Waals surface area contributed by atoms with Crippen molar-refractivity contribution in [1.29, 1.82) is 0 Å². The first-order valence-corrected chi connectivity index (χ1v) is 13.0. The van der Waals surface area contributed by atoms with Crippen LogP contribution in [-0.2, 0) is 28.1 Å². The number of imidazole rings is 1. The van der Waals surface area contributed by atoms with Crippen molar-refractivity contribution < 1.29 is 37.7 Å². The van der Waals surface area contributed by atoms with Gasteiger partial charge in [0.2, 0.25) is 0 Å². The third-order valence-electron chi connectivity index (χ3n) is 5.52. The molecule has 1 aliphatic rings. The van der Waals surface area contributed by atoms with Crippen LogP contribution in [0, 0.1) is 0 Å². The SMILES string of the molecule is COCCOC(=O)[C@H](C)N[P@](=O)(OC[C@@H]1O[C@H](n2cnc3c(N)ncnc32)C[C@H]1O)Oc1ccccc1. The number of carbonyl (C=O) groups is 1. The Bertz CT molecular complexity index is 1240. The van der Waals surface area contributed by atoms with Crippen molar-refractivity contribution >= 4 is 30.7 Å². The van der Waals surface area contributed by atoms with Crippen LogP contribution in [0.15, 0.2) is 43.0 Å². The fourth-order valence-corrected chi connectivity index (χ4v) is 5.14. The number of aliphatic hydroxyl groups is 1. The van der Waals surface area contributed by atoms with E-state index in [4.69, 9.17) is 29.0 Å². The molecular weight excluding hydrogens is 507 g/mol. The summed E-state index contributed by atoms with van der Waals surface area (Å²) in [6.07, 6.45) is 0.566. The van der Waals surface area contributed by atoms with Gasteiger partial charge in [-0.25, -0.2) is 19.5 Å². The van der Waals surface area contributed by atoms with E-state index in [1.807, 2.05) is 0 Å². The summed E-state index contributed by atoms with van der Waals surface area (Å²) < 4.78 is 42.4. The number of esters is 1. The summed E-state index contributed by atoms with van der Waals surface area (Å²) in [5.41, 5.74) is 6.71. The molecule has 200 valence electrons. The number of nitrogen functional groups attached to an aromatic ring is 1. The lowest BCUT2D eigenvalue weighted by atomic mass is 10.2. The minimum absolute atomic E-state index is 0.0368. The van der Waals surface area contributed by atoms with Gasteiger partial charge in [-0.2, -0.15) is 5.09 Å². The van der Waals surface area contributed by atoms with E-state index in [-0.39, 0.29) is 37.8 Å². The number of fused-ring (bicyclic) bond motifs is 1. The number of nitrogens with zero attached hydrogens (tertiary/aromatic N) is 4. The highest BCUT2D eigenvalue weighted by Crippen LogP contribution is 2.46. The molecule has 15 heteroatoms. The van der Waals surface area contributed by atoms with Crippen molar-refractivity contribution in [3.8, 4) is 5.75 Å². The zero-order valence-corrected chi connectivity index (χ0v) is 21.2. The molecule has 0 spiro atoms. The van der Waals surface area contributed by atoms with Gasteiger partial charge in [-0.05, 0) is 19.1 Å². The highest BCUT2D eigenvalue weighted by Gasteiger charge is 2.39. The third-order valence-corrected chi connectivity index (χ3v) is 7.16. The number of aliphatic hydroxyl groups excluding tert-OH is 1. The average molecular weight is 536 g/mol. The van der Waals surface area contributed by atoms with Gasteiger partial charge in [0, 0.05) is 13.5 Å². The molecule has 37 heavy (non-hydrogen) atoms. The predicted molar refractivity (Wildman–Crippen MR) is 130 cm³/mol. The topological polar surface area (TPSA) is 182 Å². The number of para-hydroxylation sites is 1. The van der Waals surface area contributed by atoms with Crippen LogP contribution in [0.3, 0.4) is 0 Å². The Labute approximate surface area is 212 Å². The Morgan fingerprint density at radius 2 is 2.08 bits per heavy atom. The van der Waals surface area contributed by atoms with Gasteiger partial charge in [0.05, 0.1) is 25.6 Å². The summed E-state index contributed by atoms with van der Waals surface area (Å²) in [4.78, 5) is 24.6. The Hall–Kier alpha value is -3.13. The highest BCUT2D eigenvalue weighted by atomic mass is 31.2. The Balaban J connectivity index is 1.44.